The molecule has 0 aliphatic rings. The lowest BCUT2D eigenvalue weighted by Gasteiger charge is -2.13. The summed E-state index contributed by atoms with van der Waals surface area (Å²) >= 11 is 3.53. The number of nitrogens with one attached hydrogen (secondary N) is 1. The third-order valence-electron chi connectivity index (χ3n) is 3.28. The Morgan fingerprint density at radius 2 is 1.86 bits per heavy atom. The molecular weight excluding hydrogens is 362 g/mol. The predicted octanol–water partition coefficient (Wildman–Crippen LogP) is 5.34. The Kier molecular flexibility index (Phi) is 9.21. The first-order valence-electron chi connectivity index (χ1n) is 7.45. The van der Waals surface area contributed by atoms with Crippen molar-refractivity contribution in [1.82, 2.24) is 5.32 Å². The van der Waals surface area contributed by atoms with E-state index in [1.54, 1.807) is 0 Å². The second-order valence-corrected chi connectivity index (χ2v) is 5.97. The fourth-order valence-corrected chi connectivity index (χ4v) is 2.50. The molecular formula is C18H23BrClNO. The van der Waals surface area contributed by atoms with Crippen molar-refractivity contribution in [2.75, 3.05) is 6.54 Å². The summed E-state index contributed by atoms with van der Waals surface area (Å²) in [7, 11) is 0. The van der Waals surface area contributed by atoms with Gasteiger partial charge in [-0.3, -0.25) is 0 Å². The van der Waals surface area contributed by atoms with E-state index < -0.39 is 0 Å². The Labute approximate surface area is 147 Å². The molecule has 0 fully saturated rings. The standard InChI is InChI=1S/C18H22BrNO.ClH/c1-2-3-11-20-13-16-12-17(19)9-10-18(16)21-14-15-7-5-4-6-8-15;/h4-10,12,20H,2-3,11,13-14H2,1H3;1H. The molecule has 0 spiro atoms. The van der Waals surface area contributed by atoms with Crippen molar-refractivity contribution in [1.29, 1.82) is 0 Å². The van der Waals surface area contributed by atoms with Gasteiger partial charge in [0.15, 0.2) is 0 Å². The van der Waals surface area contributed by atoms with E-state index in [9.17, 15) is 0 Å². The van der Waals surface area contributed by atoms with Crippen LogP contribution in [0, 0.1) is 0 Å². The Hall–Kier alpha value is -1.03. The van der Waals surface area contributed by atoms with Gasteiger partial charge in [-0.1, -0.05) is 59.6 Å². The van der Waals surface area contributed by atoms with Gasteiger partial charge in [-0.15, -0.1) is 12.4 Å². The molecule has 0 amide bonds. The van der Waals surface area contributed by atoms with Gasteiger partial charge in [0, 0.05) is 16.6 Å². The van der Waals surface area contributed by atoms with E-state index in [0.29, 0.717) is 6.61 Å². The van der Waals surface area contributed by atoms with Crippen LogP contribution in [-0.4, -0.2) is 6.54 Å². The maximum Gasteiger partial charge on any atom is 0.124 e. The summed E-state index contributed by atoms with van der Waals surface area (Å²) in [5.74, 6) is 0.950. The summed E-state index contributed by atoms with van der Waals surface area (Å²) in [5.41, 5.74) is 2.38. The number of hydrogen-bond donors (Lipinski definition) is 1. The first kappa shape index (κ1) is 19.0. The van der Waals surface area contributed by atoms with E-state index in [2.05, 4.69) is 46.4 Å². The van der Waals surface area contributed by atoms with Crippen molar-refractivity contribution in [2.24, 2.45) is 0 Å². The first-order chi connectivity index (χ1) is 10.3. The smallest absolute Gasteiger partial charge is 0.124 e. The molecule has 1 N–H and O–H groups in total. The monoisotopic (exact) mass is 383 g/mol. The molecule has 0 saturated heterocycles. The van der Waals surface area contributed by atoms with Gasteiger partial charge in [-0.2, -0.15) is 0 Å². The zero-order chi connectivity index (χ0) is 14.9. The largest absolute Gasteiger partial charge is 0.489 e. The fourth-order valence-electron chi connectivity index (χ4n) is 2.09. The van der Waals surface area contributed by atoms with Gasteiger partial charge in [0.25, 0.3) is 0 Å². The maximum atomic E-state index is 5.97. The van der Waals surface area contributed by atoms with Crippen LogP contribution in [0.15, 0.2) is 53.0 Å². The molecule has 120 valence electrons. The van der Waals surface area contributed by atoms with Crippen LogP contribution in [0.5, 0.6) is 5.75 Å². The van der Waals surface area contributed by atoms with Crippen LogP contribution in [0.3, 0.4) is 0 Å². The highest BCUT2D eigenvalue weighted by Crippen LogP contribution is 2.24. The minimum Gasteiger partial charge on any atom is -0.489 e. The Morgan fingerprint density at radius 3 is 2.59 bits per heavy atom. The average Bonchev–Trinajstić information content (AvgIpc) is 2.52. The van der Waals surface area contributed by atoms with Crippen LogP contribution in [-0.2, 0) is 13.2 Å². The SMILES string of the molecule is CCCCNCc1cc(Br)ccc1OCc1ccccc1.Cl. The van der Waals surface area contributed by atoms with Crippen LogP contribution in [0.1, 0.15) is 30.9 Å². The fraction of sp³-hybridized carbons (Fsp3) is 0.333. The lowest BCUT2D eigenvalue weighted by Crippen LogP contribution is -2.15. The third kappa shape index (κ3) is 6.39. The van der Waals surface area contributed by atoms with Crippen molar-refractivity contribution in [3.8, 4) is 5.75 Å². The van der Waals surface area contributed by atoms with Gasteiger partial charge < -0.3 is 10.1 Å². The lowest BCUT2D eigenvalue weighted by molar-refractivity contribution is 0.302. The summed E-state index contributed by atoms with van der Waals surface area (Å²) in [6, 6.07) is 16.4. The summed E-state index contributed by atoms with van der Waals surface area (Å²) < 4.78 is 7.06. The molecule has 0 radical (unpaired) electrons. The predicted molar refractivity (Wildman–Crippen MR) is 98.8 cm³/mol. The molecule has 22 heavy (non-hydrogen) atoms. The maximum absolute atomic E-state index is 5.97. The summed E-state index contributed by atoms with van der Waals surface area (Å²) in [6.07, 6.45) is 2.41. The highest BCUT2D eigenvalue weighted by Gasteiger charge is 2.05. The van der Waals surface area contributed by atoms with E-state index >= 15 is 0 Å². The molecule has 2 rings (SSSR count). The zero-order valence-corrected chi connectivity index (χ0v) is 15.3. The molecule has 0 aromatic heterocycles. The van der Waals surface area contributed by atoms with E-state index in [-0.39, 0.29) is 12.4 Å². The van der Waals surface area contributed by atoms with Crippen LogP contribution < -0.4 is 10.1 Å². The minimum atomic E-state index is 0. The van der Waals surface area contributed by atoms with Crippen molar-refractivity contribution in [3.63, 3.8) is 0 Å². The summed E-state index contributed by atoms with van der Waals surface area (Å²) in [5, 5.41) is 3.47. The lowest BCUT2D eigenvalue weighted by atomic mass is 10.2. The summed E-state index contributed by atoms with van der Waals surface area (Å²) in [6.45, 7) is 4.68. The second-order valence-electron chi connectivity index (χ2n) is 5.06. The molecule has 2 nitrogen and oxygen atoms in total. The molecule has 0 atom stereocenters. The number of hydrogen-bond acceptors (Lipinski definition) is 2. The quantitative estimate of drug-likeness (QED) is 0.620. The molecule has 4 heteroatoms. The molecule has 0 bridgehead atoms. The second kappa shape index (κ2) is 10.7. The van der Waals surface area contributed by atoms with E-state index in [0.717, 1.165) is 23.3 Å². The van der Waals surface area contributed by atoms with Crippen LogP contribution in [0.4, 0.5) is 0 Å². The molecule has 2 aromatic carbocycles. The van der Waals surface area contributed by atoms with Crippen LogP contribution >= 0.6 is 28.3 Å². The van der Waals surface area contributed by atoms with Gasteiger partial charge in [0.1, 0.15) is 12.4 Å². The number of ether oxygens (including phenoxy) is 1. The third-order valence-corrected chi connectivity index (χ3v) is 3.78. The van der Waals surface area contributed by atoms with E-state index in [1.165, 1.54) is 24.0 Å². The number of unbranched alkanes of at least 4 members (excludes halogenated alkanes) is 1. The van der Waals surface area contributed by atoms with Gasteiger partial charge in [-0.05, 0) is 36.7 Å². The Balaban J connectivity index is 0.00000242. The Bertz CT molecular complexity index is 548. The van der Waals surface area contributed by atoms with Crippen LogP contribution in [0.2, 0.25) is 0 Å². The zero-order valence-electron chi connectivity index (χ0n) is 12.8. The molecule has 0 aliphatic carbocycles. The van der Waals surface area contributed by atoms with E-state index in [4.69, 9.17) is 4.74 Å². The molecule has 2 aromatic rings. The molecule has 0 saturated carbocycles. The molecule has 0 heterocycles. The van der Waals surface area contributed by atoms with Gasteiger partial charge in [0.05, 0.1) is 0 Å². The van der Waals surface area contributed by atoms with Gasteiger partial charge in [0.2, 0.25) is 0 Å². The first-order valence-corrected chi connectivity index (χ1v) is 8.24. The van der Waals surface area contributed by atoms with E-state index in [1.807, 2.05) is 30.3 Å². The molecule has 0 aliphatic heterocycles. The average molecular weight is 385 g/mol. The minimum absolute atomic E-state index is 0. The summed E-state index contributed by atoms with van der Waals surface area (Å²) in [4.78, 5) is 0. The topological polar surface area (TPSA) is 21.3 Å². The molecule has 0 unspecified atom stereocenters. The highest BCUT2D eigenvalue weighted by molar-refractivity contribution is 9.10. The van der Waals surface area contributed by atoms with Gasteiger partial charge in [-0.25, -0.2) is 0 Å². The van der Waals surface area contributed by atoms with Crippen molar-refractivity contribution >= 4 is 28.3 Å². The number of benzene rings is 2. The van der Waals surface area contributed by atoms with Gasteiger partial charge >= 0.3 is 0 Å². The van der Waals surface area contributed by atoms with Crippen LogP contribution in [0.25, 0.3) is 0 Å². The van der Waals surface area contributed by atoms with Crippen molar-refractivity contribution in [2.45, 2.75) is 32.9 Å². The Morgan fingerprint density at radius 1 is 1.09 bits per heavy atom. The van der Waals surface area contributed by atoms with Crippen molar-refractivity contribution < 1.29 is 4.74 Å². The number of halogens is 2. The number of rotatable bonds is 8. The normalized spacial score (nSPS) is 10.1. The van der Waals surface area contributed by atoms with Crippen molar-refractivity contribution in [3.05, 3.63) is 64.1 Å². The highest BCUT2D eigenvalue weighted by atomic mass is 79.9.